The summed E-state index contributed by atoms with van der Waals surface area (Å²) in [4.78, 5) is 0. The molecule has 0 aliphatic carbocycles. The summed E-state index contributed by atoms with van der Waals surface area (Å²) in [5.74, 6) is 0.919. The van der Waals surface area contributed by atoms with E-state index in [9.17, 15) is 0 Å². The quantitative estimate of drug-likeness (QED) is 0.817. The molecule has 0 bridgehead atoms. The fourth-order valence-corrected chi connectivity index (χ4v) is 1.82. The third-order valence-electron chi connectivity index (χ3n) is 2.62. The lowest BCUT2D eigenvalue weighted by Gasteiger charge is -2.09. The average Bonchev–Trinajstić information content (AvgIpc) is 2.69. The summed E-state index contributed by atoms with van der Waals surface area (Å²) >= 11 is 5.16. The molecule has 0 unspecified atom stereocenters. The number of hydrogen-bond acceptors (Lipinski definition) is 3. The van der Waals surface area contributed by atoms with E-state index in [1.54, 1.807) is 0 Å². The van der Waals surface area contributed by atoms with Crippen LogP contribution in [0.5, 0.6) is 0 Å². The van der Waals surface area contributed by atoms with Gasteiger partial charge >= 0.3 is 0 Å². The molecule has 0 fully saturated rings. The second-order valence-corrected chi connectivity index (χ2v) is 4.34. The normalized spacial score (nSPS) is 10.5. The molecular formula is C12H16N4S. The van der Waals surface area contributed by atoms with Crippen molar-refractivity contribution in [1.29, 1.82) is 0 Å². The SMILES string of the molecule is CCc1n[nH]c(=S)n1NCc1ccc(C)cc1. The van der Waals surface area contributed by atoms with Gasteiger partial charge in [0.1, 0.15) is 0 Å². The van der Waals surface area contributed by atoms with Gasteiger partial charge in [0.05, 0.1) is 6.54 Å². The molecule has 4 nitrogen and oxygen atoms in total. The molecule has 17 heavy (non-hydrogen) atoms. The van der Waals surface area contributed by atoms with E-state index in [-0.39, 0.29) is 0 Å². The molecule has 0 atom stereocenters. The first kappa shape index (κ1) is 11.9. The average molecular weight is 248 g/mol. The number of aromatic amines is 1. The Morgan fingerprint density at radius 1 is 1.35 bits per heavy atom. The number of aromatic nitrogens is 3. The molecule has 0 amide bonds. The van der Waals surface area contributed by atoms with Gasteiger partial charge in [0.15, 0.2) is 5.82 Å². The topological polar surface area (TPSA) is 45.6 Å². The van der Waals surface area contributed by atoms with Gasteiger partial charge in [-0.05, 0) is 24.7 Å². The van der Waals surface area contributed by atoms with E-state index < -0.39 is 0 Å². The Labute approximate surface area is 106 Å². The van der Waals surface area contributed by atoms with Crippen LogP contribution in [0.4, 0.5) is 0 Å². The van der Waals surface area contributed by atoms with Gasteiger partial charge in [-0.3, -0.25) is 5.10 Å². The molecule has 0 aliphatic heterocycles. The van der Waals surface area contributed by atoms with Crippen molar-refractivity contribution >= 4 is 12.2 Å². The number of benzene rings is 1. The van der Waals surface area contributed by atoms with Gasteiger partial charge in [-0.25, -0.2) is 4.68 Å². The van der Waals surface area contributed by atoms with Gasteiger partial charge < -0.3 is 5.43 Å². The minimum absolute atomic E-state index is 0.606. The van der Waals surface area contributed by atoms with Crippen LogP contribution in [0.15, 0.2) is 24.3 Å². The number of aryl methyl sites for hydroxylation is 2. The maximum absolute atomic E-state index is 5.16. The largest absolute Gasteiger partial charge is 0.318 e. The van der Waals surface area contributed by atoms with Crippen molar-refractivity contribution in [3.8, 4) is 0 Å². The molecule has 2 rings (SSSR count). The molecular weight excluding hydrogens is 232 g/mol. The van der Waals surface area contributed by atoms with E-state index in [2.05, 4.69) is 53.7 Å². The molecule has 1 aromatic carbocycles. The lowest BCUT2D eigenvalue weighted by molar-refractivity contribution is 0.763. The fourth-order valence-electron chi connectivity index (χ4n) is 1.61. The molecule has 0 aliphatic rings. The summed E-state index contributed by atoms with van der Waals surface area (Å²) in [6.45, 7) is 4.87. The Hall–Kier alpha value is -1.62. The van der Waals surface area contributed by atoms with Crippen LogP contribution in [0, 0.1) is 11.7 Å². The smallest absolute Gasteiger partial charge is 0.214 e. The highest BCUT2D eigenvalue weighted by Gasteiger charge is 2.02. The van der Waals surface area contributed by atoms with Crippen LogP contribution >= 0.6 is 12.2 Å². The highest BCUT2D eigenvalue weighted by atomic mass is 32.1. The van der Waals surface area contributed by atoms with Gasteiger partial charge in [0.25, 0.3) is 0 Å². The highest BCUT2D eigenvalue weighted by Crippen LogP contribution is 2.04. The van der Waals surface area contributed by atoms with Crippen molar-refractivity contribution < 1.29 is 0 Å². The minimum atomic E-state index is 0.606. The van der Waals surface area contributed by atoms with Crippen LogP contribution in [-0.2, 0) is 13.0 Å². The van der Waals surface area contributed by atoms with Gasteiger partial charge in [-0.15, -0.1) is 0 Å². The molecule has 0 saturated heterocycles. The summed E-state index contributed by atoms with van der Waals surface area (Å²) < 4.78 is 2.43. The number of nitrogens with zero attached hydrogens (tertiary/aromatic N) is 2. The molecule has 0 spiro atoms. The Bertz CT molecular complexity index is 538. The predicted octanol–water partition coefficient (Wildman–Crippen LogP) is 2.56. The van der Waals surface area contributed by atoms with Gasteiger partial charge in [-0.2, -0.15) is 5.10 Å². The Morgan fingerprint density at radius 3 is 2.71 bits per heavy atom. The zero-order valence-corrected chi connectivity index (χ0v) is 10.8. The van der Waals surface area contributed by atoms with Crippen molar-refractivity contribution in [3.63, 3.8) is 0 Å². The summed E-state index contributed by atoms with van der Waals surface area (Å²) in [6.07, 6.45) is 0.841. The van der Waals surface area contributed by atoms with Gasteiger partial charge in [0.2, 0.25) is 4.77 Å². The van der Waals surface area contributed by atoms with Gasteiger partial charge in [-0.1, -0.05) is 36.8 Å². The summed E-state index contributed by atoms with van der Waals surface area (Å²) in [5, 5.41) is 6.93. The first-order chi connectivity index (χ1) is 8.20. The van der Waals surface area contributed by atoms with E-state index in [0.29, 0.717) is 4.77 Å². The lowest BCUT2D eigenvalue weighted by Crippen LogP contribution is -2.17. The van der Waals surface area contributed by atoms with Crippen molar-refractivity contribution in [2.75, 3.05) is 5.43 Å². The molecule has 2 N–H and O–H groups in total. The van der Waals surface area contributed by atoms with E-state index >= 15 is 0 Å². The maximum Gasteiger partial charge on any atom is 0.214 e. The third kappa shape index (κ3) is 2.74. The molecule has 0 saturated carbocycles. The third-order valence-corrected chi connectivity index (χ3v) is 2.89. The van der Waals surface area contributed by atoms with E-state index in [4.69, 9.17) is 12.2 Å². The Kier molecular flexibility index (Phi) is 3.58. The van der Waals surface area contributed by atoms with Crippen molar-refractivity contribution in [2.45, 2.75) is 26.8 Å². The molecule has 2 aromatic rings. The predicted molar refractivity (Wildman–Crippen MR) is 71.0 cm³/mol. The first-order valence-electron chi connectivity index (χ1n) is 5.66. The van der Waals surface area contributed by atoms with Crippen molar-refractivity contribution in [1.82, 2.24) is 14.9 Å². The summed E-state index contributed by atoms with van der Waals surface area (Å²) in [6, 6.07) is 8.42. The van der Waals surface area contributed by atoms with Crippen molar-refractivity contribution in [2.24, 2.45) is 0 Å². The summed E-state index contributed by atoms with van der Waals surface area (Å²) in [5.41, 5.74) is 5.76. The Morgan fingerprint density at radius 2 is 2.06 bits per heavy atom. The molecule has 5 heteroatoms. The second kappa shape index (κ2) is 5.14. The number of rotatable bonds is 4. The molecule has 1 heterocycles. The van der Waals surface area contributed by atoms with Crippen LogP contribution < -0.4 is 5.43 Å². The van der Waals surface area contributed by atoms with E-state index in [1.165, 1.54) is 11.1 Å². The van der Waals surface area contributed by atoms with Crippen LogP contribution in [0.3, 0.4) is 0 Å². The zero-order valence-electron chi connectivity index (χ0n) is 10.0. The van der Waals surface area contributed by atoms with Crippen molar-refractivity contribution in [3.05, 3.63) is 46.0 Å². The van der Waals surface area contributed by atoms with E-state index in [1.807, 2.05) is 4.68 Å². The Balaban J connectivity index is 2.09. The number of H-pyrrole nitrogens is 1. The van der Waals surface area contributed by atoms with Crippen LogP contribution in [-0.4, -0.2) is 14.9 Å². The maximum atomic E-state index is 5.16. The standard InChI is InChI=1S/C12H16N4S/c1-3-11-14-15-12(17)16(11)13-8-10-6-4-9(2)5-7-10/h4-7,13H,3,8H2,1-2H3,(H,15,17). The highest BCUT2D eigenvalue weighted by molar-refractivity contribution is 7.71. The van der Waals surface area contributed by atoms with E-state index in [0.717, 1.165) is 18.8 Å². The zero-order chi connectivity index (χ0) is 12.3. The summed E-state index contributed by atoms with van der Waals surface area (Å²) in [7, 11) is 0. The lowest BCUT2D eigenvalue weighted by atomic mass is 10.1. The number of hydrogen-bond donors (Lipinski definition) is 2. The fraction of sp³-hybridized carbons (Fsp3) is 0.333. The molecule has 1 aromatic heterocycles. The minimum Gasteiger partial charge on any atom is -0.318 e. The first-order valence-corrected chi connectivity index (χ1v) is 6.07. The van der Waals surface area contributed by atoms with Gasteiger partial charge in [0, 0.05) is 6.42 Å². The second-order valence-electron chi connectivity index (χ2n) is 3.95. The molecule has 0 radical (unpaired) electrons. The number of nitrogens with one attached hydrogen (secondary N) is 2. The van der Waals surface area contributed by atoms with Crippen LogP contribution in [0.1, 0.15) is 23.9 Å². The van der Waals surface area contributed by atoms with Crippen LogP contribution in [0.2, 0.25) is 0 Å². The monoisotopic (exact) mass is 248 g/mol. The molecule has 90 valence electrons. The van der Waals surface area contributed by atoms with Crippen LogP contribution in [0.25, 0.3) is 0 Å².